The lowest BCUT2D eigenvalue weighted by Crippen LogP contribution is -2.12. The molecule has 1 heterocycles. The molecule has 0 saturated carbocycles. The van der Waals surface area contributed by atoms with Crippen molar-refractivity contribution in [1.82, 2.24) is 0 Å². The van der Waals surface area contributed by atoms with Crippen LogP contribution in [0.3, 0.4) is 0 Å². The summed E-state index contributed by atoms with van der Waals surface area (Å²) < 4.78 is 1.25. The lowest BCUT2D eigenvalue weighted by molar-refractivity contribution is 0.730. The summed E-state index contributed by atoms with van der Waals surface area (Å²) in [6, 6.07) is 12.7. The molecule has 0 saturated heterocycles. The molecule has 0 aliphatic heterocycles. The topological polar surface area (TPSA) is 26.0 Å². The summed E-state index contributed by atoms with van der Waals surface area (Å²) in [5.41, 5.74) is 7.35. The van der Waals surface area contributed by atoms with E-state index in [0.717, 1.165) is 6.42 Å². The average Bonchev–Trinajstić information content (AvgIpc) is 2.71. The molecule has 0 fully saturated rings. The van der Waals surface area contributed by atoms with Crippen LogP contribution in [0.2, 0.25) is 0 Å². The van der Waals surface area contributed by atoms with E-state index in [1.54, 1.807) is 11.3 Å². The molecular formula is C12H12INS. The first-order valence-corrected chi connectivity index (χ1v) is 6.75. The second-order valence-electron chi connectivity index (χ2n) is 3.44. The zero-order valence-corrected chi connectivity index (χ0v) is 11.2. The molecular weight excluding hydrogens is 317 g/mol. The van der Waals surface area contributed by atoms with E-state index in [1.807, 2.05) is 0 Å². The first kappa shape index (κ1) is 11.1. The Balaban J connectivity index is 2.08. The predicted molar refractivity (Wildman–Crippen MR) is 74.1 cm³/mol. The first-order chi connectivity index (χ1) is 7.25. The van der Waals surface area contributed by atoms with Gasteiger partial charge in [0.25, 0.3) is 0 Å². The van der Waals surface area contributed by atoms with Gasteiger partial charge in [-0.05, 0) is 51.7 Å². The summed E-state index contributed by atoms with van der Waals surface area (Å²) in [7, 11) is 0. The molecule has 2 N–H and O–H groups in total. The maximum Gasteiger partial charge on any atom is 0.0343 e. The van der Waals surface area contributed by atoms with Crippen molar-refractivity contribution in [2.24, 2.45) is 5.73 Å². The van der Waals surface area contributed by atoms with Crippen LogP contribution in [0.25, 0.3) is 0 Å². The van der Waals surface area contributed by atoms with Crippen molar-refractivity contribution in [2.45, 2.75) is 12.5 Å². The van der Waals surface area contributed by atoms with Gasteiger partial charge in [0.15, 0.2) is 0 Å². The molecule has 2 aromatic rings. The highest BCUT2D eigenvalue weighted by Crippen LogP contribution is 2.19. The summed E-state index contributed by atoms with van der Waals surface area (Å²) >= 11 is 4.07. The Morgan fingerprint density at radius 3 is 2.53 bits per heavy atom. The standard InChI is InChI=1S/C12H12INS/c13-10-5-3-9(4-6-10)12(14)8-11-2-1-7-15-11/h1-7,12H,8,14H2. The van der Waals surface area contributed by atoms with Gasteiger partial charge >= 0.3 is 0 Å². The van der Waals surface area contributed by atoms with Gasteiger partial charge in [0.1, 0.15) is 0 Å². The van der Waals surface area contributed by atoms with E-state index >= 15 is 0 Å². The monoisotopic (exact) mass is 329 g/mol. The van der Waals surface area contributed by atoms with Crippen LogP contribution in [0.1, 0.15) is 16.5 Å². The normalized spacial score (nSPS) is 12.7. The maximum absolute atomic E-state index is 6.14. The summed E-state index contributed by atoms with van der Waals surface area (Å²) in [6.45, 7) is 0. The van der Waals surface area contributed by atoms with Gasteiger partial charge in [0.2, 0.25) is 0 Å². The second-order valence-corrected chi connectivity index (χ2v) is 5.72. The van der Waals surface area contributed by atoms with E-state index < -0.39 is 0 Å². The molecule has 1 nitrogen and oxygen atoms in total. The lowest BCUT2D eigenvalue weighted by atomic mass is 10.0. The minimum absolute atomic E-state index is 0.112. The van der Waals surface area contributed by atoms with Crippen LogP contribution in [-0.2, 0) is 6.42 Å². The van der Waals surface area contributed by atoms with E-state index in [0.29, 0.717) is 0 Å². The zero-order valence-electron chi connectivity index (χ0n) is 8.19. The Hall–Kier alpha value is -0.390. The Morgan fingerprint density at radius 2 is 1.93 bits per heavy atom. The summed E-state index contributed by atoms with van der Waals surface area (Å²) in [5.74, 6) is 0. The van der Waals surface area contributed by atoms with Crippen molar-refractivity contribution in [2.75, 3.05) is 0 Å². The molecule has 2 rings (SSSR count). The number of thiophene rings is 1. The van der Waals surface area contributed by atoms with Crippen LogP contribution >= 0.6 is 33.9 Å². The molecule has 1 aromatic heterocycles. The third-order valence-corrected chi connectivity index (χ3v) is 3.92. The quantitative estimate of drug-likeness (QED) is 0.856. The van der Waals surface area contributed by atoms with Gasteiger partial charge < -0.3 is 5.73 Å². The average molecular weight is 329 g/mol. The van der Waals surface area contributed by atoms with Gasteiger partial charge in [0, 0.05) is 20.9 Å². The fourth-order valence-corrected chi connectivity index (χ4v) is 2.60. The van der Waals surface area contributed by atoms with E-state index in [9.17, 15) is 0 Å². The van der Waals surface area contributed by atoms with Crippen LogP contribution in [0.15, 0.2) is 41.8 Å². The van der Waals surface area contributed by atoms with Gasteiger partial charge in [-0.2, -0.15) is 0 Å². The maximum atomic E-state index is 6.14. The molecule has 0 aliphatic carbocycles. The van der Waals surface area contributed by atoms with Crippen LogP contribution in [-0.4, -0.2) is 0 Å². The van der Waals surface area contributed by atoms with Crippen molar-refractivity contribution in [1.29, 1.82) is 0 Å². The highest BCUT2D eigenvalue weighted by atomic mass is 127. The van der Waals surface area contributed by atoms with Crippen molar-refractivity contribution < 1.29 is 0 Å². The minimum atomic E-state index is 0.112. The van der Waals surface area contributed by atoms with Gasteiger partial charge in [-0.1, -0.05) is 18.2 Å². The molecule has 0 radical (unpaired) electrons. The fourth-order valence-electron chi connectivity index (χ4n) is 1.47. The van der Waals surface area contributed by atoms with E-state index in [-0.39, 0.29) is 6.04 Å². The highest BCUT2D eigenvalue weighted by Gasteiger charge is 2.07. The molecule has 0 spiro atoms. The van der Waals surface area contributed by atoms with Gasteiger partial charge in [0.05, 0.1) is 0 Å². The molecule has 0 amide bonds. The third kappa shape index (κ3) is 3.03. The van der Waals surface area contributed by atoms with Gasteiger partial charge in [-0.3, -0.25) is 0 Å². The zero-order chi connectivity index (χ0) is 10.7. The molecule has 0 aliphatic rings. The molecule has 78 valence electrons. The number of hydrogen-bond donors (Lipinski definition) is 1. The summed E-state index contributed by atoms with van der Waals surface area (Å²) in [5, 5.41) is 2.09. The van der Waals surface area contributed by atoms with E-state index in [2.05, 4.69) is 64.4 Å². The first-order valence-electron chi connectivity index (χ1n) is 4.79. The molecule has 15 heavy (non-hydrogen) atoms. The second kappa shape index (κ2) is 5.09. The SMILES string of the molecule is NC(Cc1cccs1)c1ccc(I)cc1. The van der Waals surface area contributed by atoms with Crippen LogP contribution in [0.4, 0.5) is 0 Å². The lowest BCUT2D eigenvalue weighted by Gasteiger charge is -2.10. The Bertz CT molecular complexity index is 408. The van der Waals surface area contributed by atoms with Crippen LogP contribution in [0, 0.1) is 3.57 Å². The number of hydrogen-bond acceptors (Lipinski definition) is 2. The summed E-state index contributed by atoms with van der Waals surface area (Å²) in [6.07, 6.45) is 0.929. The van der Waals surface area contributed by atoms with Gasteiger partial charge in [-0.25, -0.2) is 0 Å². The molecule has 0 bridgehead atoms. The third-order valence-electron chi connectivity index (χ3n) is 2.30. The van der Waals surface area contributed by atoms with E-state index in [1.165, 1.54) is 14.0 Å². The van der Waals surface area contributed by atoms with Crippen molar-refractivity contribution in [3.8, 4) is 0 Å². The molecule has 1 atom stereocenters. The Kier molecular flexibility index (Phi) is 3.77. The van der Waals surface area contributed by atoms with Crippen molar-refractivity contribution >= 4 is 33.9 Å². The smallest absolute Gasteiger partial charge is 0.0343 e. The van der Waals surface area contributed by atoms with Crippen LogP contribution in [0.5, 0.6) is 0 Å². The Morgan fingerprint density at radius 1 is 1.20 bits per heavy atom. The Labute approximate surface area is 107 Å². The van der Waals surface area contributed by atoms with Crippen molar-refractivity contribution in [3.63, 3.8) is 0 Å². The predicted octanol–water partition coefficient (Wildman–Crippen LogP) is 3.60. The summed E-state index contributed by atoms with van der Waals surface area (Å²) in [4.78, 5) is 1.35. The number of nitrogens with two attached hydrogens (primary N) is 1. The van der Waals surface area contributed by atoms with E-state index in [4.69, 9.17) is 5.73 Å². The van der Waals surface area contributed by atoms with Crippen molar-refractivity contribution in [3.05, 3.63) is 55.8 Å². The van der Waals surface area contributed by atoms with Crippen LogP contribution < -0.4 is 5.73 Å². The minimum Gasteiger partial charge on any atom is -0.324 e. The largest absolute Gasteiger partial charge is 0.324 e. The molecule has 1 aromatic carbocycles. The number of halogens is 1. The number of rotatable bonds is 3. The molecule has 1 unspecified atom stereocenters. The highest BCUT2D eigenvalue weighted by molar-refractivity contribution is 14.1. The fraction of sp³-hybridized carbons (Fsp3) is 0.167. The molecule has 3 heteroatoms. The number of benzene rings is 1. The van der Waals surface area contributed by atoms with Gasteiger partial charge in [-0.15, -0.1) is 11.3 Å².